The molecule has 3 rings (SSSR count). The van der Waals surface area contributed by atoms with Crippen LogP contribution in [0.15, 0.2) is 30.3 Å². The van der Waals surface area contributed by atoms with Crippen LogP contribution in [0.5, 0.6) is 0 Å². The zero-order valence-corrected chi connectivity index (χ0v) is 15.0. The van der Waals surface area contributed by atoms with Crippen molar-refractivity contribution in [2.45, 2.75) is 44.4 Å². The predicted molar refractivity (Wildman–Crippen MR) is 94.8 cm³/mol. The number of hydrogen-bond acceptors (Lipinski definition) is 2. The molecule has 1 aliphatic carbocycles. The van der Waals surface area contributed by atoms with Crippen LogP contribution in [0, 0.1) is 3.57 Å². The fourth-order valence-corrected chi connectivity index (χ4v) is 4.10. The van der Waals surface area contributed by atoms with E-state index in [4.69, 9.17) is 16.6 Å². The van der Waals surface area contributed by atoms with Crippen molar-refractivity contribution in [2.75, 3.05) is 0 Å². The highest BCUT2D eigenvalue weighted by Crippen LogP contribution is 2.45. The molecule has 21 heavy (non-hydrogen) atoms. The van der Waals surface area contributed by atoms with Crippen molar-refractivity contribution >= 4 is 34.2 Å². The van der Waals surface area contributed by atoms with E-state index in [9.17, 15) is 0 Å². The van der Waals surface area contributed by atoms with E-state index in [0.717, 1.165) is 34.4 Å². The minimum absolute atomic E-state index is 0.0564. The molecule has 0 atom stereocenters. The summed E-state index contributed by atoms with van der Waals surface area (Å²) in [5.41, 5.74) is 2.33. The minimum atomic E-state index is -0.0564. The smallest absolute Gasteiger partial charge is 0.146 e. The van der Waals surface area contributed by atoms with Crippen molar-refractivity contribution in [3.8, 4) is 0 Å². The maximum atomic E-state index is 6.37. The summed E-state index contributed by atoms with van der Waals surface area (Å²) in [7, 11) is 0. The third-order valence-electron chi connectivity index (χ3n) is 4.43. The zero-order chi connectivity index (χ0) is 14.9. The van der Waals surface area contributed by atoms with Gasteiger partial charge in [0.25, 0.3) is 0 Å². The Labute approximate surface area is 144 Å². The van der Waals surface area contributed by atoms with Crippen molar-refractivity contribution in [3.63, 3.8) is 0 Å². The number of aromatic nitrogens is 2. The van der Waals surface area contributed by atoms with Crippen LogP contribution in [0.25, 0.3) is 0 Å². The van der Waals surface area contributed by atoms with Crippen LogP contribution >= 0.6 is 34.2 Å². The molecule has 0 radical (unpaired) electrons. The summed E-state index contributed by atoms with van der Waals surface area (Å²) < 4.78 is 0.988. The highest BCUT2D eigenvalue weighted by Gasteiger charge is 2.40. The van der Waals surface area contributed by atoms with Crippen molar-refractivity contribution in [3.05, 3.63) is 56.1 Å². The average molecular weight is 413 g/mol. The first kappa shape index (κ1) is 15.2. The zero-order valence-electron chi connectivity index (χ0n) is 12.1. The number of halogens is 2. The Hall–Kier alpha value is -0.680. The summed E-state index contributed by atoms with van der Waals surface area (Å²) >= 11 is 8.61. The van der Waals surface area contributed by atoms with Crippen LogP contribution in [0.3, 0.4) is 0 Å². The molecule has 1 aliphatic rings. The number of benzene rings is 1. The fraction of sp³-hybridized carbons (Fsp3) is 0.412. The Kier molecular flexibility index (Phi) is 4.50. The van der Waals surface area contributed by atoms with Gasteiger partial charge in [-0.1, -0.05) is 61.7 Å². The average Bonchev–Trinajstić information content (AvgIpc) is 3.01. The second-order valence-electron chi connectivity index (χ2n) is 5.61. The van der Waals surface area contributed by atoms with Crippen molar-refractivity contribution in [2.24, 2.45) is 0 Å². The molecule has 110 valence electrons. The topological polar surface area (TPSA) is 25.8 Å². The molecule has 0 aliphatic heterocycles. The van der Waals surface area contributed by atoms with Gasteiger partial charge in [0.2, 0.25) is 0 Å². The van der Waals surface area contributed by atoms with Gasteiger partial charge in [-0.2, -0.15) is 0 Å². The molecule has 1 aromatic heterocycles. The van der Waals surface area contributed by atoms with Gasteiger partial charge in [-0.3, -0.25) is 0 Å². The summed E-state index contributed by atoms with van der Waals surface area (Å²) in [5, 5.41) is 0.597. The maximum absolute atomic E-state index is 6.37. The third kappa shape index (κ3) is 2.70. The summed E-state index contributed by atoms with van der Waals surface area (Å²) in [5.74, 6) is 0.911. The standard InChI is InChI=1S/C17H18ClIN2/c1-2-13-14(19)15(18)21-16(20-13)17(10-6-7-11-17)12-8-4-3-5-9-12/h3-5,8-9H,2,6-7,10-11H2,1H3. The number of aryl methyl sites for hydroxylation is 1. The van der Waals surface area contributed by atoms with Crippen LogP contribution < -0.4 is 0 Å². The van der Waals surface area contributed by atoms with Crippen molar-refractivity contribution in [1.82, 2.24) is 9.97 Å². The second kappa shape index (κ2) is 6.21. The van der Waals surface area contributed by atoms with E-state index in [1.54, 1.807) is 0 Å². The third-order valence-corrected chi connectivity index (χ3v) is 6.15. The van der Waals surface area contributed by atoms with Gasteiger partial charge in [0.05, 0.1) is 14.7 Å². The molecule has 1 saturated carbocycles. The molecule has 1 aromatic carbocycles. The predicted octanol–water partition coefficient (Wildman–Crippen LogP) is 5.16. The molecule has 0 amide bonds. The highest BCUT2D eigenvalue weighted by atomic mass is 127. The van der Waals surface area contributed by atoms with Crippen LogP contribution in [-0.4, -0.2) is 9.97 Å². The lowest BCUT2D eigenvalue weighted by atomic mass is 9.78. The van der Waals surface area contributed by atoms with Crippen molar-refractivity contribution in [1.29, 1.82) is 0 Å². The molecule has 2 nitrogen and oxygen atoms in total. The van der Waals surface area contributed by atoms with E-state index < -0.39 is 0 Å². The first-order chi connectivity index (χ1) is 10.2. The highest BCUT2D eigenvalue weighted by molar-refractivity contribution is 14.1. The van der Waals surface area contributed by atoms with Gasteiger partial charge >= 0.3 is 0 Å². The lowest BCUT2D eigenvalue weighted by molar-refractivity contribution is 0.496. The molecular formula is C17H18ClIN2. The van der Waals surface area contributed by atoms with E-state index >= 15 is 0 Å². The van der Waals surface area contributed by atoms with Gasteiger partial charge < -0.3 is 0 Å². The van der Waals surface area contributed by atoms with Gasteiger partial charge in [-0.15, -0.1) is 0 Å². The molecule has 1 fully saturated rings. The molecule has 0 N–H and O–H groups in total. The fourth-order valence-electron chi connectivity index (χ4n) is 3.29. The van der Waals surface area contributed by atoms with Gasteiger partial charge in [-0.25, -0.2) is 9.97 Å². The molecule has 0 saturated heterocycles. The van der Waals surface area contributed by atoms with Crippen LogP contribution in [0.1, 0.15) is 49.7 Å². The van der Waals surface area contributed by atoms with Gasteiger partial charge in [0, 0.05) is 0 Å². The second-order valence-corrected chi connectivity index (χ2v) is 7.04. The van der Waals surface area contributed by atoms with E-state index in [1.165, 1.54) is 18.4 Å². The molecule has 1 heterocycles. The monoisotopic (exact) mass is 412 g/mol. The van der Waals surface area contributed by atoms with Crippen LogP contribution in [0.2, 0.25) is 5.15 Å². The number of nitrogens with zero attached hydrogens (tertiary/aromatic N) is 2. The van der Waals surface area contributed by atoms with E-state index in [2.05, 4.69) is 64.8 Å². The minimum Gasteiger partial charge on any atom is -0.236 e. The molecule has 0 bridgehead atoms. The first-order valence-corrected chi connectivity index (χ1v) is 8.91. The molecular weight excluding hydrogens is 395 g/mol. The number of rotatable bonds is 3. The Morgan fingerprint density at radius 1 is 1.14 bits per heavy atom. The van der Waals surface area contributed by atoms with Crippen LogP contribution in [-0.2, 0) is 11.8 Å². The summed E-state index contributed by atoms with van der Waals surface area (Å²) in [6.45, 7) is 2.12. The van der Waals surface area contributed by atoms with Crippen LogP contribution in [0.4, 0.5) is 0 Å². The van der Waals surface area contributed by atoms with Crippen molar-refractivity contribution < 1.29 is 0 Å². The normalized spacial score (nSPS) is 17.1. The van der Waals surface area contributed by atoms with E-state index in [-0.39, 0.29) is 5.41 Å². The number of hydrogen-bond donors (Lipinski definition) is 0. The molecule has 2 aromatic rings. The Morgan fingerprint density at radius 3 is 2.43 bits per heavy atom. The first-order valence-electron chi connectivity index (χ1n) is 7.45. The van der Waals surface area contributed by atoms with Gasteiger partial charge in [-0.05, 0) is 47.4 Å². The quantitative estimate of drug-likeness (QED) is 0.514. The summed E-state index contributed by atoms with van der Waals surface area (Å²) in [6.07, 6.45) is 5.55. The Balaban J connectivity index is 2.17. The maximum Gasteiger partial charge on any atom is 0.146 e. The molecule has 4 heteroatoms. The van der Waals surface area contributed by atoms with E-state index in [1.807, 2.05) is 0 Å². The SMILES string of the molecule is CCc1nc(C2(c3ccccc3)CCCC2)nc(Cl)c1I. The summed E-state index contributed by atoms with van der Waals surface area (Å²) in [4.78, 5) is 9.54. The lowest BCUT2D eigenvalue weighted by Gasteiger charge is -2.28. The molecule has 0 spiro atoms. The van der Waals surface area contributed by atoms with Gasteiger partial charge in [0.15, 0.2) is 0 Å². The largest absolute Gasteiger partial charge is 0.236 e. The summed E-state index contributed by atoms with van der Waals surface area (Å²) in [6, 6.07) is 10.7. The molecule has 0 unspecified atom stereocenters. The lowest BCUT2D eigenvalue weighted by Crippen LogP contribution is -2.27. The van der Waals surface area contributed by atoms with E-state index in [0.29, 0.717) is 5.15 Å². The Morgan fingerprint density at radius 2 is 1.81 bits per heavy atom. The van der Waals surface area contributed by atoms with Gasteiger partial charge in [0.1, 0.15) is 11.0 Å². The Bertz CT molecular complexity index is 637.